The summed E-state index contributed by atoms with van der Waals surface area (Å²) in [6, 6.07) is 2.76. The number of hydrogen-bond donors (Lipinski definition) is 1. The first-order chi connectivity index (χ1) is 17.3. The number of amides is 3. The van der Waals surface area contributed by atoms with E-state index in [0.717, 1.165) is 25.8 Å². The number of piperidine rings is 1. The molecule has 0 bridgehead atoms. The fourth-order valence-corrected chi connectivity index (χ4v) is 5.07. The van der Waals surface area contributed by atoms with Crippen molar-refractivity contribution in [1.29, 1.82) is 0 Å². The van der Waals surface area contributed by atoms with Crippen molar-refractivity contribution in [2.75, 3.05) is 20.6 Å². The van der Waals surface area contributed by atoms with Gasteiger partial charge in [-0.2, -0.15) is 0 Å². The van der Waals surface area contributed by atoms with Crippen LogP contribution in [0.15, 0.2) is 34.5 Å². The van der Waals surface area contributed by atoms with Gasteiger partial charge in [0, 0.05) is 25.7 Å². The fourth-order valence-electron chi connectivity index (χ4n) is 5.07. The normalized spacial score (nSPS) is 18.7. The van der Waals surface area contributed by atoms with Crippen molar-refractivity contribution in [2.24, 2.45) is 11.8 Å². The molecule has 1 aromatic heterocycles. The summed E-state index contributed by atoms with van der Waals surface area (Å²) in [7, 11) is 3.49. The SMILES string of the molecule is CC(=C[C@H](C(C)C)N(C)C(=O)[C@@H](NC(=O)C1CCCCN1C(C)C)C(C)C)C(=O)N(C)Cc1ccco1. The number of carbonyl (C=O) groups excluding carboxylic acids is 3. The van der Waals surface area contributed by atoms with Crippen LogP contribution in [0.25, 0.3) is 0 Å². The standard InChI is InChI=1S/C29H48N4O4/c1-19(2)25(17-22(7)28(35)31(8)18-23-13-12-16-37-23)32(9)29(36)26(20(3)4)30-27(34)24-14-10-11-15-33(24)21(5)6/h12-13,16-17,19-21,24-26H,10-11,14-15,18H2,1-9H3,(H,30,34)/t24?,25-,26+/m1/s1. The summed E-state index contributed by atoms with van der Waals surface area (Å²) in [5.41, 5.74) is 0.562. The second kappa shape index (κ2) is 13.8. The van der Waals surface area contributed by atoms with E-state index < -0.39 is 6.04 Å². The molecule has 1 saturated heterocycles. The van der Waals surface area contributed by atoms with Crippen LogP contribution in [-0.2, 0) is 20.9 Å². The molecule has 0 saturated carbocycles. The number of furan rings is 1. The Bertz CT molecular complexity index is 922. The monoisotopic (exact) mass is 516 g/mol. The van der Waals surface area contributed by atoms with Gasteiger partial charge in [0.25, 0.3) is 0 Å². The first kappa shape index (κ1) is 30.6. The van der Waals surface area contributed by atoms with Gasteiger partial charge in [-0.15, -0.1) is 0 Å². The molecule has 1 N–H and O–H groups in total. The molecule has 3 amide bonds. The predicted molar refractivity (Wildman–Crippen MR) is 147 cm³/mol. The largest absolute Gasteiger partial charge is 0.467 e. The fraction of sp³-hybridized carbons (Fsp3) is 0.690. The van der Waals surface area contributed by atoms with Crippen LogP contribution in [0.5, 0.6) is 0 Å². The molecule has 0 aliphatic carbocycles. The average molecular weight is 517 g/mol. The summed E-state index contributed by atoms with van der Waals surface area (Å²) < 4.78 is 5.36. The lowest BCUT2D eigenvalue weighted by Gasteiger charge is -2.39. The molecular formula is C29H48N4O4. The van der Waals surface area contributed by atoms with Gasteiger partial charge in [0.1, 0.15) is 11.8 Å². The second-order valence-corrected chi connectivity index (χ2v) is 11.3. The molecule has 8 nitrogen and oxygen atoms in total. The van der Waals surface area contributed by atoms with Crippen LogP contribution in [-0.4, -0.2) is 77.2 Å². The molecule has 0 spiro atoms. The molecule has 2 heterocycles. The van der Waals surface area contributed by atoms with Gasteiger partial charge in [-0.1, -0.05) is 40.2 Å². The van der Waals surface area contributed by atoms with Gasteiger partial charge in [-0.05, 0) is 64.1 Å². The minimum atomic E-state index is -0.638. The number of likely N-dealkylation sites (tertiary alicyclic amines) is 1. The van der Waals surface area contributed by atoms with Crippen molar-refractivity contribution in [1.82, 2.24) is 20.0 Å². The summed E-state index contributed by atoms with van der Waals surface area (Å²) in [6.45, 7) is 15.2. The maximum Gasteiger partial charge on any atom is 0.249 e. The summed E-state index contributed by atoms with van der Waals surface area (Å²) in [6.07, 6.45) is 6.37. The van der Waals surface area contributed by atoms with Crippen molar-refractivity contribution in [3.05, 3.63) is 35.8 Å². The minimum absolute atomic E-state index is 0.0728. The number of carbonyl (C=O) groups is 3. The highest BCUT2D eigenvalue weighted by atomic mass is 16.3. The number of nitrogens with one attached hydrogen (secondary N) is 1. The lowest BCUT2D eigenvalue weighted by Crippen LogP contribution is -2.58. The number of nitrogens with zero attached hydrogens (tertiary/aromatic N) is 3. The first-order valence-corrected chi connectivity index (χ1v) is 13.6. The zero-order chi connectivity index (χ0) is 27.9. The minimum Gasteiger partial charge on any atom is -0.467 e. The molecule has 1 aliphatic rings. The van der Waals surface area contributed by atoms with E-state index in [4.69, 9.17) is 4.42 Å². The van der Waals surface area contributed by atoms with Crippen LogP contribution in [0, 0.1) is 11.8 Å². The van der Waals surface area contributed by atoms with Crippen LogP contribution in [0.1, 0.15) is 73.5 Å². The van der Waals surface area contributed by atoms with E-state index in [-0.39, 0.29) is 47.7 Å². The third-order valence-corrected chi connectivity index (χ3v) is 7.30. The lowest BCUT2D eigenvalue weighted by atomic mass is 9.95. The molecule has 3 atom stereocenters. The molecule has 8 heteroatoms. The van der Waals surface area contributed by atoms with Gasteiger partial charge in [-0.3, -0.25) is 19.3 Å². The molecule has 1 unspecified atom stereocenters. The maximum absolute atomic E-state index is 13.7. The van der Waals surface area contributed by atoms with E-state index in [9.17, 15) is 14.4 Å². The van der Waals surface area contributed by atoms with Crippen molar-refractivity contribution in [3.63, 3.8) is 0 Å². The first-order valence-electron chi connectivity index (χ1n) is 13.6. The molecule has 0 radical (unpaired) electrons. The molecule has 2 rings (SSSR count). The number of rotatable bonds is 11. The summed E-state index contributed by atoms with van der Waals surface area (Å²) in [5.74, 6) is 0.369. The Labute approximate surface area is 223 Å². The Morgan fingerprint density at radius 1 is 1.11 bits per heavy atom. The highest BCUT2D eigenvalue weighted by Gasteiger charge is 2.36. The molecule has 1 fully saturated rings. The van der Waals surface area contributed by atoms with Crippen molar-refractivity contribution >= 4 is 17.7 Å². The van der Waals surface area contributed by atoms with E-state index in [0.29, 0.717) is 17.9 Å². The molecule has 37 heavy (non-hydrogen) atoms. The predicted octanol–water partition coefficient (Wildman–Crippen LogP) is 4.07. The van der Waals surface area contributed by atoms with E-state index in [1.54, 1.807) is 43.1 Å². The van der Waals surface area contributed by atoms with Gasteiger partial charge in [-0.25, -0.2) is 0 Å². The Morgan fingerprint density at radius 3 is 2.32 bits per heavy atom. The summed E-state index contributed by atoms with van der Waals surface area (Å²) >= 11 is 0. The number of likely N-dealkylation sites (N-methyl/N-ethyl adjacent to an activating group) is 2. The van der Waals surface area contributed by atoms with Crippen LogP contribution in [0.4, 0.5) is 0 Å². The highest BCUT2D eigenvalue weighted by Crippen LogP contribution is 2.22. The Morgan fingerprint density at radius 2 is 1.78 bits per heavy atom. The van der Waals surface area contributed by atoms with Crippen LogP contribution < -0.4 is 5.32 Å². The molecule has 0 aromatic carbocycles. The topological polar surface area (TPSA) is 86.1 Å². The van der Waals surface area contributed by atoms with Crippen LogP contribution >= 0.6 is 0 Å². The van der Waals surface area contributed by atoms with Gasteiger partial charge in [0.15, 0.2) is 0 Å². The van der Waals surface area contributed by atoms with Crippen molar-refractivity contribution in [3.8, 4) is 0 Å². The third-order valence-electron chi connectivity index (χ3n) is 7.30. The molecule has 208 valence electrons. The Hall–Kier alpha value is -2.61. The highest BCUT2D eigenvalue weighted by molar-refractivity contribution is 5.93. The van der Waals surface area contributed by atoms with Gasteiger partial charge in [0.05, 0.1) is 24.9 Å². The molecule has 1 aromatic rings. The Balaban J connectivity index is 2.17. The summed E-state index contributed by atoms with van der Waals surface area (Å²) in [4.78, 5) is 45.6. The van der Waals surface area contributed by atoms with Gasteiger partial charge in [0.2, 0.25) is 17.7 Å². The van der Waals surface area contributed by atoms with Gasteiger partial charge < -0.3 is 19.5 Å². The molecular weight excluding hydrogens is 468 g/mol. The van der Waals surface area contributed by atoms with E-state index in [2.05, 4.69) is 24.1 Å². The summed E-state index contributed by atoms with van der Waals surface area (Å²) in [5, 5.41) is 3.09. The Kier molecular flexibility index (Phi) is 11.4. The zero-order valence-corrected chi connectivity index (χ0v) is 24.3. The quantitative estimate of drug-likeness (QED) is 0.448. The van der Waals surface area contributed by atoms with Gasteiger partial charge >= 0.3 is 0 Å². The van der Waals surface area contributed by atoms with Crippen LogP contribution in [0.2, 0.25) is 0 Å². The second-order valence-electron chi connectivity index (χ2n) is 11.3. The maximum atomic E-state index is 13.7. The third kappa shape index (κ3) is 8.19. The number of hydrogen-bond acceptors (Lipinski definition) is 5. The van der Waals surface area contributed by atoms with E-state index >= 15 is 0 Å². The van der Waals surface area contributed by atoms with Crippen LogP contribution in [0.3, 0.4) is 0 Å². The van der Waals surface area contributed by atoms with E-state index in [1.165, 1.54) is 0 Å². The van der Waals surface area contributed by atoms with Crippen molar-refractivity contribution < 1.29 is 18.8 Å². The smallest absolute Gasteiger partial charge is 0.249 e. The van der Waals surface area contributed by atoms with E-state index in [1.807, 2.05) is 39.8 Å². The van der Waals surface area contributed by atoms with Crippen molar-refractivity contribution in [2.45, 2.75) is 98.4 Å². The zero-order valence-electron chi connectivity index (χ0n) is 24.3. The lowest BCUT2D eigenvalue weighted by molar-refractivity contribution is -0.140. The molecule has 1 aliphatic heterocycles. The average Bonchev–Trinajstić information content (AvgIpc) is 3.36.